The number of hydrogen-bond donors (Lipinski definition) is 3. The maximum atomic E-state index is 11.6. The van der Waals surface area contributed by atoms with Gasteiger partial charge in [0.15, 0.2) is 0 Å². The average Bonchev–Trinajstić information content (AvgIpc) is 2.56. The van der Waals surface area contributed by atoms with Crippen LogP contribution in [0.15, 0.2) is 42.5 Å². The summed E-state index contributed by atoms with van der Waals surface area (Å²) >= 11 is 0. The number of carbonyl (C=O) groups excluding carboxylic acids is 2. The van der Waals surface area contributed by atoms with Gasteiger partial charge in [-0.2, -0.15) is 0 Å². The Bertz CT molecular complexity index is 584. The first-order valence-corrected chi connectivity index (χ1v) is 8.28. The second-order valence-electron chi connectivity index (χ2n) is 6.35. The van der Waals surface area contributed by atoms with E-state index in [0.717, 1.165) is 13.0 Å². The highest BCUT2D eigenvalue weighted by atomic mass is 16.2. The zero-order chi connectivity index (χ0) is 17.4. The molecule has 0 atom stereocenters. The number of hydrogen-bond acceptors (Lipinski definition) is 4. The van der Waals surface area contributed by atoms with Gasteiger partial charge in [-0.1, -0.05) is 42.5 Å². The van der Waals surface area contributed by atoms with E-state index in [1.54, 1.807) is 4.90 Å². The molecule has 130 valence electrons. The minimum atomic E-state index is -0.305. The Morgan fingerprint density at radius 3 is 2.67 bits per heavy atom. The van der Waals surface area contributed by atoms with Crippen LogP contribution in [-0.2, 0) is 10.3 Å². The summed E-state index contributed by atoms with van der Waals surface area (Å²) in [6, 6.07) is 9.97. The van der Waals surface area contributed by atoms with Crippen molar-refractivity contribution < 1.29 is 9.59 Å². The number of benzene rings is 1. The fourth-order valence-electron chi connectivity index (χ4n) is 2.46. The lowest BCUT2D eigenvalue weighted by molar-refractivity contribution is -0.121. The number of carbonyl (C=O) groups is 2. The third kappa shape index (κ3) is 5.47. The number of nitrogens with one attached hydrogen (secondary N) is 3. The second kappa shape index (κ2) is 8.61. The molecule has 1 saturated heterocycles. The van der Waals surface area contributed by atoms with Crippen LogP contribution in [0, 0.1) is 0 Å². The largest absolute Gasteiger partial charge is 0.324 e. The molecule has 0 spiro atoms. The fraction of sp³-hybridized carbons (Fsp3) is 0.444. The second-order valence-corrected chi connectivity index (χ2v) is 6.35. The van der Waals surface area contributed by atoms with Crippen LogP contribution in [0.1, 0.15) is 32.3 Å². The van der Waals surface area contributed by atoms with Crippen LogP contribution >= 0.6 is 0 Å². The van der Waals surface area contributed by atoms with Crippen molar-refractivity contribution in [1.29, 1.82) is 0 Å². The van der Waals surface area contributed by atoms with Crippen molar-refractivity contribution in [3.05, 3.63) is 48.0 Å². The molecule has 1 fully saturated rings. The van der Waals surface area contributed by atoms with Crippen LogP contribution < -0.4 is 16.2 Å². The third-order valence-corrected chi connectivity index (χ3v) is 3.97. The molecule has 0 bridgehead atoms. The quantitative estimate of drug-likeness (QED) is 0.387. The van der Waals surface area contributed by atoms with Gasteiger partial charge >= 0.3 is 6.03 Å². The lowest BCUT2D eigenvalue weighted by Crippen LogP contribution is -2.49. The van der Waals surface area contributed by atoms with Gasteiger partial charge in [0.2, 0.25) is 5.91 Å². The molecule has 1 aliphatic heterocycles. The first kappa shape index (κ1) is 18.2. The highest BCUT2D eigenvalue weighted by molar-refractivity contribution is 5.96. The molecule has 1 aliphatic rings. The average molecular weight is 330 g/mol. The molecule has 3 N–H and O–H groups in total. The van der Waals surface area contributed by atoms with Gasteiger partial charge in [-0.05, 0) is 25.8 Å². The van der Waals surface area contributed by atoms with E-state index in [2.05, 4.69) is 42.1 Å². The molecule has 6 heteroatoms. The molecule has 0 aliphatic carbocycles. The molecule has 0 aromatic heterocycles. The van der Waals surface area contributed by atoms with Crippen LogP contribution in [0.2, 0.25) is 0 Å². The fourth-order valence-corrected chi connectivity index (χ4v) is 2.46. The third-order valence-electron chi connectivity index (χ3n) is 3.97. The molecular weight excluding hydrogens is 304 g/mol. The normalized spacial score (nSPS) is 15.8. The van der Waals surface area contributed by atoms with Crippen LogP contribution in [0.4, 0.5) is 4.79 Å². The lowest BCUT2D eigenvalue weighted by Gasteiger charge is -2.27. The van der Waals surface area contributed by atoms with E-state index < -0.39 is 0 Å². The lowest BCUT2D eigenvalue weighted by atomic mass is 9.95. The topological polar surface area (TPSA) is 73.5 Å². The van der Waals surface area contributed by atoms with Gasteiger partial charge in [-0.15, -0.1) is 0 Å². The Morgan fingerprint density at radius 2 is 1.96 bits per heavy atom. The van der Waals surface area contributed by atoms with E-state index in [1.807, 2.05) is 30.4 Å². The van der Waals surface area contributed by atoms with Crippen molar-refractivity contribution >= 4 is 11.9 Å². The molecule has 1 aromatic rings. The summed E-state index contributed by atoms with van der Waals surface area (Å²) in [5.41, 5.74) is 7.64. The van der Waals surface area contributed by atoms with Crippen LogP contribution in [0.3, 0.4) is 0 Å². The van der Waals surface area contributed by atoms with Crippen molar-refractivity contribution in [1.82, 2.24) is 21.1 Å². The molecular formula is C18H26N4O2. The Kier molecular flexibility index (Phi) is 6.52. The minimum absolute atomic E-state index is 0.149. The smallest absolute Gasteiger partial charge is 0.320 e. The Morgan fingerprint density at radius 1 is 1.21 bits per heavy atom. The van der Waals surface area contributed by atoms with Gasteiger partial charge in [0, 0.05) is 26.1 Å². The molecule has 6 nitrogen and oxygen atoms in total. The van der Waals surface area contributed by atoms with Crippen molar-refractivity contribution in [3.8, 4) is 0 Å². The molecule has 0 radical (unpaired) electrons. The summed E-state index contributed by atoms with van der Waals surface area (Å²) in [7, 11) is 0. The SMILES string of the molecule is CC(C)(NNCC/C=C\CN1CCC(=O)NC1=O)c1ccccc1. The van der Waals surface area contributed by atoms with E-state index in [9.17, 15) is 9.59 Å². The van der Waals surface area contributed by atoms with Crippen molar-refractivity contribution in [3.63, 3.8) is 0 Å². The first-order valence-electron chi connectivity index (χ1n) is 8.28. The highest BCUT2D eigenvalue weighted by Crippen LogP contribution is 2.18. The van der Waals surface area contributed by atoms with Gasteiger partial charge in [0.1, 0.15) is 0 Å². The number of hydrazine groups is 1. The van der Waals surface area contributed by atoms with Gasteiger partial charge in [0.05, 0.1) is 5.54 Å². The van der Waals surface area contributed by atoms with E-state index in [1.165, 1.54) is 5.56 Å². The van der Waals surface area contributed by atoms with Crippen LogP contribution in [0.25, 0.3) is 0 Å². The monoisotopic (exact) mass is 330 g/mol. The maximum Gasteiger partial charge on any atom is 0.324 e. The molecule has 3 amide bonds. The zero-order valence-electron chi connectivity index (χ0n) is 14.3. The highest BCUT2D eigenvalue weighted by Gasteiger charge is 2.21. The Balaban J connectivity index is 1.63. The number of amides is 3. The van der Waals surface area contributed by atoms with Gasteiger partial charge in [0.25, 0.3) is 0 Å². The van der Waals surface area contributed by atoms with E-state index in [4.69, 9.17) is 0 Å². The van der Waals surface area contributed by atoms with Crippen molar-refractivity contribution in [2.24, 2.45) is 0 Å². The summed E-state index contributed by atoms with van der Waals surface area (Å²) in [5.74, 6) is -0.198. The molecule has 0 saturated carbocycles. The summed E-state index contributed by atoms with van der Waals surface area (Å²) < 4.78 is 0. The molecule has 0 unspecified atom stereocenters. The van der Waals surface area contributed by atoms with E-state index in [0.29, 0.717) is 19.5 Å². The van der Waals surface area contributed by atoms with Gasteiger partial charge in [-0.25, -0.2) is 10.2 Å². The van der Waals surface area contributed by atoms with Crippen LogP contribution in [0.5, 0.6) is 0 Å². The number of urea groups is 1. The maximum absolute atomic E-state index is 11.6. The van der Waals surface area contributed by atoms with Crippen LogP contribution in [-0.4, -0.2) is 36.5 Å². The summed E-state index contributed by atoms with van der Waals surface area (Å²) in [5, 5.41) is 2.31. The minimum Gasteiger partial charge on any atom is -0.320 e. The van der Waals surface area contributed by atoms with E-state index in [-0.39, 0.29) is 17.5 Å². The predicted octanol–water partition coefficient (Wildman–Crippen LogP) is 1.90. The van der Waals surface area contributed by atoms with Gasteiger partial charge < -0.3 is 4.90 Å². The molecule has 2 rings (SSSR count). The number of rotatable bonds is 8. The van der Waals surface area contributed by atoms with Gasteiger partial charge in [-0.3, -0.25) is 15.5 Å². The zero-order valence-corrected chi connectivity index (χ0v) is 14.3. The summed E-state index contributed by atoms with van der Waals surface area (Å²) in [6.07, 6.45) is 5.22. The molecule has 24 heavy (non-hydrogen) atoms. The first-order chi connectivity index (χ1) is 11.5. The molecule has 1 aromatic carbocycles. The van der Waals surface area contributed by atoms with Crippen molar-refractivity contribution in [2.75, 3.05) is 19.6 Å². The van der Waals surface area contributed by atoms with E-state index >= 15 is 0 Å². The Labute approximate surface area is 143 Å². The Hall–Kier alpha value is -2.18. The molecule has 1 heterocycles. The number of imide groups is 1. The summed E-state index contributed by atoms with van der Waals surface area (Å²) in [6.45, 7) is 6.06. The number of nitrogens with zero attached hydrogens (tertiary/aromatic N) is 1. The summed E-state index contributed by atoms with van der Waals surface area (Å²) in [4.78, 5) is 24.2. The predicted molar refractivity (Wildman–Crippen MR) is 94.1 cm³/mol. The standard InChI is InChI=1S/C18H26N4O2/c1-18(2,15-9-5-3-6-10-15)21-19-12-7-4-8-13-22-14-11-16(23)20-17(22)24/h3-6,8-10,19,21H,7,11-14H2,1-2H3,(H,20,23,24)/b8-4-. The van der Waals surface area contributed by atoms with Crippen molar-refractivity contribution in [2.45, 2.75) is 32.2 Å².